The van der Waals surface area contributed by atoms with Gasteiger partial charge in [0, 0.05) is 37.3 Å². The molecule has 0 bridgehead atoms. The molecule has 4 fully saturated rings. The highest BCUT2D eigenvalue weighted by Gasteiger charge is 2.43. The number of carbonyl (C=O) groups excluding carboxylic acids is 4. The van der Waals surface area contributed by atoms with Gasteiger partial charge in [0.1, 0.15) is 23.7 Å². The van der Waals surface area contributed by atoms with Crippen LogP contribution in [0.3, 0.4) is 0 Å². The number of aromatic amines is 2. The van der Waals surface area contributed by atoms with Crippen molar-refractivity contribution in [3.63, 3.8) is 0 Å². The second kappa shape index (κ2) is 14.9. The Morgan fingerprint density at radius 1 is 0.667 bits per heavy atom. The second-order valence-electron chi connectivity index (χ2n) is 14.4. The van der Waals surface area contributed by atoms with Gasteiger partial charge < -0.3 is 29.2 Å². The molecule has 4 amide bonds. The van der Waals surface area contributed by atoms with Gasteiger partial charge in [-0.05, 0) is 87.3 Å². The smallest absolute Gasteiger partial charge is 0.410 e. The van der Waals surface area contributed by atoms with Crippen molar-refractivity contribution in [3.05, 3.63) is 71.4 Å². The van der Waals surface area contributed by atoms with Gasteiger partial charge in [0.15, 0.2) is 0 Å². The third-order valence-electron chi connectivity index (χ3n) is 11.2. The molecular weight excluding hydrogens is 688 g/mol. The minimum Gasteiger partial charge on any atom is -0.453 e. The Kier molecular flexibility index (Phi) is 9.70. The van der Waals surface area contributed by atoms with Crippen LogP contribution in [0.4, 0.5) is 9.59 Å². The Labute approximate surface area is 313 Å². The molecule has 2 N–H and O–H groups in total. The normalized spacial score (nSPS) is 22.5. The molecule has 280 valence electrons. The number of aromatic nitrogens is 4. The van der Waals surface area contributed by atoms with E-state index in [1.807, 2.05) is 52.3 Å². The van der Waals surface area contributed by atoms with E-state index in [1.165, 1.54) is 24.0 Å². The molecule has 4 aromatic rings. The zero-order chi connectivity index (χ0) is 37.3. The van der Waals surface area contributed by atoms with Crippen molar-refractivity contribution < 1.29 is 28.7 Å². The molecule has 14 nitrogen and oxygen atoms in total. The molecule has 0 spiro atoms. The summed E-state index contributed by atoms with van der Waals surface area (Å²) in [6.45, 7) is 2.31. The van der Waals surface area contributed by atoms with Crippen LogP contribution in [0, 0.1) is 11.8 Å². The lowest BCUT2D eigenvalue weighted by Gasteiger charge is -2.30. The maximum Gasteiger partial charge on any atom is 0.410 e. The van der Waals surface area contributed by atoms with Crippen LogP contribution >= 0.6 is 0 Å². The van der Waals surface area contributed by atoms with E-state index in [2.05, 4.69) is 26.8 Å². The van der Waals surface area contributed by atoms with Gasteiger partial charge in [0.05, 0.1) is 49.2 Å². The SMILES string of the molecule is COC(=O)N1CCCC1C(=O)N1CCCC1c1ncc(-c2ccc(C#Cc3ccc4nc(C5CCCN5C(=O)C5CCCN5C(=O)OC)[nH]c4c3)cc2)[nH]1. The predicted molar refractivity (Wildman–Crippen MR) is 198 cm³/mol. The van der Waals surface area contributed by atoms with E-state index in [4.69, 9.17) is 14.5 Å². The number of fused-ring (bicyclic) bond motifs is 1. The van der Waals surface area contributed by atoms with Crippen LogP contribution in [-0.4, -0.2) is 116 Å². The summed E-state index contributed by atoms with van der Waals surface area (Å²) in [6.07, 6.45) is 7.06. The zero-order valence-electron chi connectivity index (χ0n) is 30.5. The molecule has 4 saturated heterocycles. The van der Waals surface area contributed by atoms with Crippen LogP contribution in [0.2, 0.25) is 0 Å². The Morgan fingerprint density at radius 2 is 1.20 bits per heavy atom. The number of nitrogens with zero attached hydrogens (tertiary/aromatic N) is 6. The highest BCUT2D eigenvalue weighted by molar-refractivity contribution is 5.88. The maximum atomic E-state index is 13.6. The van der Waals surface area contributed by atoms with Crippen LogP contribution in [-0.2, 0) is 19.1 Å². The van der Waals surface area contributed by atoms with Crippen molar-refractivity contribution in [1.82, 2.24) is 39.5 Å². The number of hydrogen-bond acceptors (Lipinski definition) is 8. The van der Waals surface area contributed by atoms with Crippen LogP contribution in [0.15, 0.2) is 48.7 Å². The highest BCUT2D eigenvalue weighted by atomic mass is 16.5. The van der Waals surface area contributed by atoms with E-state index in [0.29, 0.717) is 39.0 Å². The first-order chi connectivity index (χ1) is 26.3. The van der Waals surface area contributed by atoms with Gasteiger partial charge in [-0.15, -0.1) is 0 Å². The lowest BCUT2D eigenvalue weighted by Crippen LogP contribution is -2.47. The number of amides is 4. The minimum absolute atomic E-state index is 0.0465. The van der Waals surface area contributed by atoms with E-state index in [-0.39, 0.29) is 23.9 Å². The number of likely N-dealkylation sites (tertiary alicyclic amines) is 4. The van der Waals surface area contributed by atoms with E-state index >= 15 is 0 Å². The molecular formula is C40H44N8O6. The maximum absolute atomic E-state index is 13.6. The van der Waals surface area contributed by atoms with Crippen molar-refractivity contribution in [2.24, 2.45) is 0 Å². The van der Waals surface area contributed by atoms with Gasteiger partial charge in [0.2, 0.25) is 11.8 Å². The fourth-order valence-corrected chi connectivity index (χ4v) is 8.53. The number of imidazole rings is 2. The molecule has 14 heteroatoms. The number of hydrogen-bond donors (Lipinski definition) is 2. The molecule has 2 aromatic heterocycles. The lowest BCUT2D eigenvalue weighted by molar-refractivity contribution is -0.137. The van der Waals surface area contributed by atoms with Gasteiger partial charge in [-0.1, -0.05) is 24.0 Å². The van der Waals surface area contributed by atoms with E-state index < -0.39 is 24.3 Å². The quantitative estimate of drug-likeness (QED) is 0.267. The van der Waals surface area contributed by atoms with Gasteiger partial charge in [0.25, 0.3) is 0 Å². The molecule has 4 atom stereocenters. The van der Waals surface area contributed by atoms with Crippen molar-refractivity contribution >= 4 is 35.0 Å². The summed E-state index contributed by atoms with van der Waals surface area (Å²) in [4.78, 5) is 74.9. The fourth-order valence-electron chi connectivity index (χ4n) is 8.53. The summed E-state index contributed by atoms with van der Waals surface area (Å²) >= 11 is 0. The third-order valence-corrected chi connectivity index (χ3v) is 11.2. The van der Waals surface area contributed by atoms with Gasteiger partial charge >= 0.3 is 12.2 Å². The van der Waals surface area contributed by atoms with E-state index in [0.717, 1.165) is 83.6 Å². The molecule has 4 aliphatic heterocycles. The molecule has 4 aliphatic rings. The number of methoxy groups -OCH3 is 2. The molecule has 0 radical (unpaired) electrons. The largest absolute Gasteiger partial charge is 0.453 e. The number of nitrogens with one attached hydrogen (secondary N) is 2. The fraction of sp³-hybridized carbons (Fsp3) is 0.450. The van der Waals surface area contributed by atoms with Crippen LogP contribution in [0.5, 0.6) is 0 Å². The molecule has 0 aliphatic carbocycles. The van der Waals surface area contributed by atoms with Crippen molar-refractivity contribution in [2.75, 3.05) is 40.4 Å². The Morgan fingerprint density at radius 3 is 1.81 bits per heavy atom. The second-order valence-corrected chi connectivity index (χ2v) is 14.4. The predicted octanol–water partition coefficient (Wildman–Crippen LogP) is 5.14. The number of ether oxygens (including phenoxy) is 2. The summed E-state index contributed by atoms with van der Waals surface area (Å²) in [5, 5.41) is 0. The zero-order valence-corrected chi connectivity index (χ0v) is 30.5. The Bertz CT molecular complexity index is 2130. The summed E-state index contributed by atoms with van der Waals surface area (Å²) in [6, 6.07) is 12.5. The van der Waals surface area contributed by atoms with E-state index in [1.54, 1.807) is 6.20 Å². The molecule has 8 rings (SSSR count). The average Bonchev–Trinajstić information content (AvgIpc) is 4.05. The first kappa shape index (κ1) is 35.2. The van der Waals surface area contributed by atoms with Crippen LogP contribution < -0.4 is 0 Å². The number of benzene rings is 2. The molecule has 6 heterocycles. The third kappa shape index (κ3) is 6.63. The van der Waals surface area contributed by atoms with Gasteiger partial charge in [-0.25, -0.2) is 19.6 Å². The molecule has 4 unspecified atom stereocenters. The standard InChI is InChI=1S/C40H44N8O6/c1-53-39(51)47-21-5-9-33(47)37(49)45-19-3-7-31(45)35-41-24-30(44-35)27-16-13-25(14-17-27)11-12-26-15-18-28-29(23-26)43-36(42-28)32-8-4-20-46(32)38(50)34-10-6-22-48(34)40(52)54-2/h13-18,23-24,31-34H,3-10,19-22H2,1-2H3,(H,41,44)(H,42,43). The first-order valence-electron chi connectivity index (χ1n) is 18.8. The molecule has 2 aromatic carbocycles. The van der Waals surface area contributed by atoms with Crippen molar-refractivity contribution in [3.8, 4) is 23.1 Å². The van der Waals surface area contributed by atoms with Gasteiger partial charge in [-0.2, -0.15) is 0 Å². The highest BCUT2D eigenvalue weighted by Crippen LogP contribution is 2.36. The molecule has 0 saturated carbocycles. The summed E-state index contributed by atoms with van der Waals surface area (Å²) in [5.74, 6) is 7.92. The molecule has 54 heavy (non-hydrogen) atoms. The lowest BCUT2D eigenvalue weighted by atomic mass is 10.1. The van der Waals surface area contributed by atoms with E-state index in [9.17, 15) is 19.2 Å². The first-order valence-corrected chi connectivity index (χ1v) is 18.8. The topological polar surface area (TPSA) is 157 Å². The summed E-state index contributed by atoms with van der Waals surface area (Å²) in [5.41, 5.74) is 5.16. The van der Waals surface area contributed by atoms with Gasteiger partial charge in [-0.3, -0.25) is 19.4 Å². The average molecular weight is 733 g/mol. The van der Waals surface area contributed by atoms with Crippen molar-refractivity contribution in [2.45, 2.75) is 75.5 Å². The summed E-state index contributed by atoms with van der Waals surface area (Å²) in [7, 11) is 2.69. The van der Waals surface area contributed by atoms with Crippen LogP contribution in [0.25, 0.3) is 22.3 Å². The Hall–Kier alpha value is -5.84. The summed E-state index contributed by atoms with van der Waals surface area (Å²) < 4.78 is 9.84. The minimum atomic E-state index is -0.500. The number of rotatable bonds is 5. The number of carbonyl (C=O) groups is 4. The number of H-pyrrole nitrogens is 2. The monoisotopic (exact) mass is 732 g/mol. The van der Waals surface area contributed by atoms with Crippen LogP contribution in [0.1, 0.15) is 86.2 Å². The van der Waals surface area contributed by atoms with Crippen molar-refractivity contribution in [1.29, 1.82) is 0 Å². The Balaban J connectivity index is 0.924.